The molecule has 1 aliphatic heterocycles. The fourth-order valence-corrected chi connectivity index (χ4v) is 3.61. The molecule has 0 spiro atoms. The van der Waals surface area contributed by atoms with Crippen molar-refractivity contribution in [1.82, 2.24) is 0 Å². The molecule has 0 aromatic rings. The van der Waals surface area contributed by atoms with Crippen LogP contribution in [-0.2, 0) is 4.74 Å². The zero-order valence-electron chi connectivity index (χ0n) is 9.93. The SMILES string of the molecule is CC1C[C@@H]2[C@@H](CCC3(O)CC3)[C@@H](O)C[C@@H]2O1. The van der Waals surface area contributed by atoms with Gasteiger partial charge in [0.1, 0.15) is 0 Å². The summed E-state index contributed by atoms with van der Waals surface area (Å²) in [4.78, 5) is 0. The maximum absolute atomic E-state index is 10.0. The molecule has 2 N–H and O–H groups in total. The zero-order valence-corrected chi connectivity index (χ0v) is 9.93. The van der Waals surface area contributed by atoms with Gasteiger partial charge in [-0.05, 0) is 50.9 Å². The van der Waals surface area contributed by atoms with Crippen molar-refractivity contribution in [3.63, 3.8) is 0 Å². The standard InChI is InChI=1S/C13H22O3/c1-8-6-10-9(2-3-13(15)4-5-13)11(14)7-12(10)16-8/h8-12,14-15H,2-7H2,1H3/t8?,9-,10-,11+,12+/m1/s1. The Bertz CT molecular complexity index is 274. The topological polar surface area (TPSA) is 49.7 Å². The molecule has 0 radical (unpaired) electrons. The van der Waals surface area contributed by atoms with Gasteiger partial charge >= 0.3 is 0 Å². The van der Waals surface area contributed by atoms with Crippen molar-refractivity contribution >= 4 is 0 Å². The minimum Gasteiger partial charge on any atom is -0.393 e. The quantitative estimate of drug-likeness (QED) is 0.766. The third-order valence-corrected chi connectivity index (χ3v) is 4.78. The van der Waals surface area contributed by atoms with E-state index in [1.807, 2.05) is 0 Å². The van der Waals surface area contributed by atoms with Gasteiger partial charge in [0.15, 0.2) is 0 Å². The average Bonchev–Trinajstić information content (AvgIpc) is 2.73. The van der Waals surface area contributed by atoms with Crippen molar-refractivity contribution in [2.45, 2.75) is 69.4 Å². The molecule has 0 aromatic heterocycles. The molecule has 1 heterocycles. The highest BCUT2D eigenvalue weighted by molar-refractivity contribution is 4.99. The smallest absolute Gasteiger partial charge is 0.0650 e. The summed E-state index contributed by atoms with van der Waals surface area (Å²) in [7, 11) is 0. The van der Waals surface area contributed by atoms with Gasteiger partial charge in [-0.1, -0.05) is 0 Å². The predicted octanol–water partition coefficient (Wildman–Crippen LogP) is 1.47. The first-order valence-corrected chi connectivity index (χ1v) is 6.63. The second kappa shape index (κ2) is 3.69. The summed E-state index contributed by atoms with van der Waals surface area (Å²) in [5, 5.41) is 19.9. The highest BCUT2D eigenvalue weighted by Gasteiger charge is 2.49. The van der Waals surface area contributed by atoms with Crippen LogP contribution >= 0.6 is 0 Å². The van der Waals surface area contributed by atoms with Gasteiger partial charge in [0.05, 0.1) is 23.9 Å². The third-order valence-electron chi connectivity index (χ3n) is 4.78. The molecule has 3 aliphatic rings. The van der Waals surface area contributed by atoms with Gasteiger partial charge in [-0.3, -0.25) is 0 Å². The molecule has 3 fully saturated rings. The van der Waals surface area contributed by atoms with E-state index in [2.05, 4.69) is 6.92 Å². The lowest BCUT2D eigenvalue weighted by Gasteiger charge is -2.21. The molecule has 0 bridgehead atoms. The number of fused-ring (bicyclic) bond motifs is 1. The van der Waals surface area contributed by atoms with Gasteiger partial charge in [-0.2, -0.15) is 0 Å². The van der Waals surface area contributed by atoms with E-state index >= 15 is 0 Å². The zero-order chi connectivity index (χ0) is 11.3. The molecular weight excluding hydrogens is 204 g/mol. The van der Waals surface area contributed by atoms with Crippen LogP contribution < -0.4 is 0 Å². The van der Waals surface area contributed by atoms with E-state index in [1.54, 1.807) is 0 Å². The Morgan fingerprint density at radius 1 is 1.31 bits per heavy atom. The number of aliphatic hydroxyl groups is 2. The summed E-state index contributed by atoms with van der Waals surface area (Å²) < 4.78 is 5.81. The van der Waals surface area contributed by atoms with E-state index in [0.29, 0.717) is 17.9 Å². The van der Waals surface area contributed by atoms with Gasteiger partial charge in [0, 0.05) is 6.42 Å². The molecule has 92 valence electrons. The third kappa shape index (κ3) is 1.89. The molecule has 0 aromatic carbocycles. The van der Waals surface area contributed by atoms with Crippen LogP contribution in [0.3, 0.4) is 0 Å². The first-order valence-electron chi connectivity index (χ1n) is 6.63. The van der Waals surface area contributed by atoms with E-state index in [9.17, 15) is 10.2 Å². The fourth-order valence-electron chi connectivity index (χ4n) is 3.61. The Hall–Kier alpha value is -0.120. The molecule has 2 saturated carbocycles. The Kier molecular flexibility index (Phi) is 2.54. The highest BCUT2D eigenvalue weighted by Crippen LogP contribution is 2.48. The molecule has 3 rings (SSSR count). The van der Waals surface area contributed by atoms with Crippen LogP contribution in [0.15, 0.2) is 0 Å². The molecule has 0 amide bonds. The Morgan fingerprint density at radius 2 is 2.06 bits per heavy atom. The van der Waals surface area contributed by atoms with E-state index in [-0.39, 0.29) is 17.8 Å². The second-order valence-electron chi connectivity index (χ2n) is 6.11. The summed E-state index contributed by atoms with van der Waals surface area (Å²) in [6, 6.07) is 0. The predicted molar refractivity (Wildman–Crippen MR) is 60.0 cm³/mol. The summed E-state index contributed by atoms with van der Waals surface area (Å²) in [5.41, 5.74) is -0.372. The molecule has 1 saturated heterocycles. The van der Waals surface area contributed by atoms with Crippen molar-refractivity contribution in [2.24, 2.45) is 11.8 Å². The number of hydrogen-bond acceptors (Lipinski definition) is 3. The number of ether oxygens (including phenoxy) is 1. The Balaban J connectivity index is 1.60. The second-order valence-corrected chi connectivity index (χ2v) is 6.11. The monoisotopic (exact) mass is 226 g/mol. The van der Waals surface area contributed by atoms with Gasteiger partial charge in [0.2, 0.25) is 0 Å². The first-order chi connectivity index (χ1) is 7.57. The maximum atomic E-state index is 10.0. The van der Waals surface area contributed by atoms with Gasteiger partial charge < -0.3 is 14.9 Å². The van der Waals surface area contributed by atoms with Crippen LogP contribution in [0.1, 0.15) is 45.4 Å². The largest absolute Gasteiger partial charge is 0.393 e. The Morgan fingerprint density at radius 3 is 2.75 bits per heavy atom. The van der Waals surface area contributed by atoms with E-state index in [4.69, 9.17) is 4.74 Å². The van der Waals surface area contributed by atoms with E-state index in [0.717, 1.165) is 38.5 Å². The van der Waals surface area contributed by atoms with Crippen LogP contribution in [0, 0.1) is 11.8 Å². The van der Waals surface area contributed by atoms with Gasteiger partial charge in [-0.25, -0.2) is 0 Å². The molecule has 2 aliphatic carbocycles. The van der Waals surface area contributed by atoms with Crippen LogP contribution in [0.4, 0.5) is 0 Å². The lowest BCUT2D eigenvalue weighted by atomic mass is 9.86. The number of hydrogen-bond donors (Lipinski definition) is 2. The molecule has 16 heavy (non-hydrogen) atoms. The summed E-state index contributed by atoms with van der Waals surface area (Å²) >= 11 is 0. The number of aliphatic hydroxyl groups excluding tert-OH is 1. The lowest BCUT2D eigenvalue weighted by molar-refractivity contribution is 0.0359. The van der Waals surface area contributed by atoms with Gasteiger partial charge in [-0.15, -0.1) is 0 Å². The minimum atomic E-state index is -0.372. The number of rotatable bonds is 3. The van der Waals surface area contributed by atoms with Crippen molar-refractivity contribution in [3.8, 4) is 0 Å². The van der Waals surface area contributed by atoms with E-state index < -0.39 is 0 Å². The molecule has 3 nitrogen and oxygen atoms in total. The fraction of sp³-hybridized carbons (Fsp3) is 1.00. The van der Waals surface area contributed by atoms with Crippen LogP contribution in [0.25, 0.3) is 0 Å². The van der Waals surface area contributed by atoms with Crippen LogP contribution in [0.2, 0.25) is 0 Å². The van der Waals surface area contributed by atoms with Crippen molar-refractivity contribution in [3.05, 3.63) is 0 Å². The molecule has 5 atom stereocenters. The summed E-state index contributed by atoms with van der Waals surface area (Å²) in [6.45, 7) is 2.12. The van der Waals surface area contributed by atoms with Gasteiger partial charge in [0.25, 0.3) is 0 Å². The molecule has 3 heteroatoms. The van der Waals surface area contributed by atoms with Crippen LogP contribution in [-0.4, -0.2) is 34.1 Å². The maximum Gasteiger partial charge on any atom is 0.0650 e. The highest BCUT2D eigenvalue weighted by atomic mass is 16.5. The van der Waals surface area contributed by atoms with Crippen molar-refractivity contribution < 1.29 is 14.9 Å². The summed E-state index contributed by atoms with van der Waals surface area (Å²) in [6.07, 6.45) is 6.07. The molecule has 1 unspecified atom stereocenters. The van der Waals surface area contributed by atoms with Crippen molar-refractivity contribution in [1.29, 1.82) is 0 Å². The average molecular weight is 226 g/mol. The normalized spacial score (nSPS) is 49.3. The molecular formula is C13H22O3. The minimum absolute atomic E-state index is 0.204. The summed E-state index contributed by atoms with van der Waals surface area (Å²) in [5.74, 6) is 0.895. The van der Waals surface area contributed by atoms with Crippen molar-refractivity contribution in [2.75, 3.05) is 0 Å². The van der Waals surface area contributed by atoms with E-state index in [1.165, 1.54) is 0 Å². The lowest BCUT2D eigenvalue weighted by Crippen LogP contribution is -2.22. The first kappa shape index (κ1) is 11.0. The Labute approximate surface area is 96.8 Å². The van der Waals surface area contributed by atoms with Crippen LogP contribution in [0.5, 0.6) is 0 Å².